The summed E-state index contributed by atoms with van der Waals surface area (Å²) < 4.78 is 61.9. The maximum Gasteiger partial charge on any atom is 0.416 e. The van der Waals surface area contributed by atoms with E-state index >= 15 is 4.39 Å². The van der Waals surface area contributed by atoms with Crippen molar-refractivity contribution in [2.75, 3.05) is 13.7 Å². The molecule has 0 fully saturated rings. The van der Waals surface area contributed by atoms with Crippen LogP contribution < -0.4 is 10.6 Å². The molecule has 0 aliphatic heterocycles. The van der Waals surface area contributed by atoms with Crippen molar-refractivity contribution in [3.63, 3.8) is 0 Å². The standard InChI is InChI=1S/C24H18F4N2O5/c1-33-19(31)12-34-35-18-10-9-16(25)22-21(18)20-14(23(29)32)6-4-8-17(20)30(22)11-13-5-2-3-7-15(13)24(26,27)28/h2-10H,11-12H2,1H3,(H2,29,32). The zero-order chi connectivity index (χ0) is 25.3. The van der Waals surface area contributed by atoms with Gasteiger partial charge in [0.1, 0.15) is 5.82 Å². The predicted octanol–water partition coefficient (Wildman–Crippen LogP) is 4.58. The number of ether oxygens (including phenoxy) is 1. The zero-order valence-corrected chi connectivity index (χ0v) is 18.2. The number of hydrogen-bond acceptors (Lipinski definition) is 5. The largest absolute Gasteiger partial charge is 0.467 e. The van der Waals surface area contributed by atoms with Gasteiger partial charge < -0.3 is 19.9 Å². The Morgan fingerprint density at radius 1 is 1.00 bits per heavy atom. The molecule has 0 spiro atoms. The van der Waals surface area contributed by atoms with Gasteiger partial charge >= 0.3 is 12.1 Å². The molecule has 0 aliphatic rings. The van der Waals surface area contributed by atoms with Gasteiger partial charge in [0, 0.05) is 17.5 Å². The van der Waals surface area contributed by atoms with Crippen LogP contribution in [0.5, 0.6) is 5.75 Å². The number of primary amides is 1. The highest BCUT2D eigenvalue weighted by molar-refractivity contribution is 6.19. The van der Waals surface area contributed by atoms with Gasteiger partial charge in [0.05, 0.1) is 29.1 Å². The number of esters is 1. The van der Waals surface area contributed by atoms with Gasteiger partial charge in [-0.05, 0) is 35.9 Å². The van der Waals surface area contributed by atoms with Crippen molar-refractivity contribution in [2.24, 2.45) is 5.73 Å². The Balaban J connectivity index is 1.98. The van der Waals surface area contributed by atoms with Crippen molar-refractivity contribution >= 4 is 33.7 Å². The number of alkyl halides is 3. The quantitative estimate of drug-likeness (QED) is 0.177. The Kier molecular flexibility index (Phi) is 6.35. The normalized spacial score (nSPS) is 11.7. The number of amides is 1. The van der Waals surface area contributed by atoms with Gasteiger partial charge in [-0.1, -0.05) is 24.3 Å². The molecule has 11 heteroatoms. The fraction of sp³-hybridized carbons (Fsp3) is 0.167. The molecule has 4 aromatic rings. The topological polar surface area (TPSA) is 92.8 Å². The summed E-state index contributed by atoms with van der Waals surface area (Å²) in [4.78, 5) is 33.6. The molecule has 1 heterocycles. The summed E-state index contributed by atoms with van der Waals surface area (Å²) in [6, 6.07) is 11.6. The molecule has 0 radical (unpaired) electrons. The maximum atomic E-state index is 15.2. The van der Waals surface area contributed by atoms with E-state index in [1.807, 2.05) is 0 Å². The fourth-order valence-corrected chi connectivity index (χ4v) is 3.95. The first-order valence-electron chi connectivity index (χ1n) is 10.2. The number of rotatable bonds is 7. The Morgan fingerprint density at radius 3 is 2.43 bits per heavy atom. The lowest BCUT2D eigenvalue weighted by molar-refractivity contribution is -0.214. The molecule has 35 heavy (non-hydrogen) atoms. The van der Waals surface area contributed by atoms with Crippen LogP contribution in [0, 0.1) is 5.82 Å². The monoisotopic (exact) mass is 490 g/mol. The van der Waals surface area contributed by atoms with Crippen LogP contribution in [-0.4, -0.2) is 30.2 Å². The van der Waals surface area contributed by atoms with E-state index in [9.17, 15) is 22.8 Å². The summed E-state index contributed by atoms with van der Waals surface area (Å²) in [7, 11) is 1.15. The molecule has 3 aromatic carbocycles. The van der Waals surface area contributed by atoms with E-state index in [1.165, 1.54) is 47.0 Å². The minimum atomic E-state index is -4.64. The smallest absolute Gasteiger partial charge is 0.416 e. The summed E-state index contributed by atoms with van der Waals surface area (Å²) in [5, 5.41) is 0.208. The molecule has 0 aliphatic carbocycles. The molecule has 1 amide bonds. The second-order valence-corrected chi connectivity index (χ2v) is 7.50. The molecule has 4 rings (SSSR count). The lowest BCUT2D eigenvalue weighted by atomic mass is 10.1. The maximum absolute atomic E-state index is 15.2. The molecule has 0 atom stereocenters. The van der Waals surface area contributed by atoms with Gasteiger partial charge in [-0.2, -0.15) is 18.1 Å². The second-order valence-electron chi connectivity index (χ2n) is 7.50. The van der Waals surface area contributed by atoms with E-state index in [4.69, 9.17) is 15.5 Å². The summed E-state index contributed by atoms with van der Waals surface area (Å²) in [6.45, 7) is -0.961. The second kappa shape index (κ2) is 9.26. The first kappa shape index (κ1) is 24.0. The molecule has 1 aromatic heterocycles. The van der Waals surface area contributed by atoms with E-state index in [-0.39, 0.29) is 45.2 Å². The van der Waals surface area contributed by atoms with Gasteiger partial charge in [0.2, 0.25) is 5.91 Å². The first-order valence-corrected chi connectivity index (χ1v) is 10.2. The average molecular weight is 490 g/mol. The number of halogens is 4. The third-order valence-electron chi connectivity index (χ3n) is 5.41. The van der Waals surface area contributed by atoms with Crippen molar-refractivity contribution < 1.29 is 41.7 Å². The molecule has 0 bridgehead atoms. The SMILES string of the molecule is COC(=O)COOc1ccc(F)c2c1c1c(C(N)=O)cccc1n2Cc1ccccc1C(F)(F)F. The molecule has 182 valence electrons. The highest BCUT2D eigenvalue weighted by atomic mass is 19.4. The number of benzene rings is 3. The van der Waals surface area contributed by atoms with Gasteiger partial charge in [0.15, 0.2) is 12.4 Å². The van der Waals surface area contributed by atoms with Crippen LogP contribution >= 0.6 is 0 Å². The predicted molar refractivity (Wildman–Crippen MR) is 117 cm³/mol. The van der Waals surface area contributed by atoms with Crippen molar-refractivity contribution in [3.8, 4) is 5.75 Å². The fourth-order valence-electron chi connectivity index (χ4n) is 3.95. The van der Waals surface area contributed by atoms with Crippen LogP contribution in [0.2, 0.25) is 0 Å². The van der Waals surface area contributed by atoms with Crippen molar-refractivity contribution in [3.05, 3.63) is 77.1 Å². The van der Waals surface area contributed by atoms with Crippen LogP contribution in [-0.2, 0) is 27.1 Å². The van der Waals surface area contributed by atoms with Crippen molar-refractivity contribution in [1.82, 2.24) is 4.57 Å². The van der Waals surface area contributed by atoms with E-state index in [0.29, 0.717) is 0 Å². The van der Waals surface area contributed by atoms with Gasteiger partial charge in [-0.25, -0.2) is 9.18 Å². The molecular weight excluding hydrogens is 472 g/mol. The molecule has 0 unspecified atom stereocenters. The van der Waals surface area contributed by atoms with Gasteiger partial charge in [-0.15, -0.1) is 0 Å². The van der Waals surface area contributed by atoms with E-state index in [2.05, 4.69) is 4.74 Å². The minimum Gasteiger partial charge on any atom is -0.467 e. The van der Waals surface area contributed by atoms with Crippen LogP contribution in [0.25, 0.3) is 21.8 Å². The van der Waals surface area contributed by atoms with Gasteiger partial charge in [-0.3, -0.25) is 4.79 Å². The minimum absolute atomic E-state index is 0.00113. The Bertz CT molecular complexity index is 1450. The summed E-state index contributed by atoms with van der Waals surface area (Å²) >= 11 is 0. The summed E-state index contributed by atoms with van der Waals surface area (Å²) in [6.07, 6.45) is -4.64. The molecule has 2 N–H and O–H groups in total. The lowest BCUT2D eigenvalue weighted by Gasteiger charge is -2.15. The van der Waals surface area contributed by atoms with Crippen LogP contribution in [0.15, 0.2) is 54.6 Å². The lowest BCUT2D eigenvalue weighted by Crippen LogP contribution is -2.12. The van der Waals surface area contributed by atoms with Crippen molar-refractivity contribution in [1.29, 1.82) is 0 Å². The summed E-state index contributed by atoms with van der Waals surface area (Å²) in [5.41, 5.74) is 4.65. The van der Waals surface area contributed by atoms with Crippen LogP contribution in [0.3, 0.4) is 0 Å². The zero-order valence-electron chi connectivity index (χ0n) is 18.2. The summed E-state index contributed by atoms with van der Waals surface area (Å²) in [5.74, 6) is -2.44. The van der Waals surface area contributed by atoms with Crippen LogP contribution in [0.4, 0.5) is 17.6 Å². The number of aromatic nitrogens is 1. The van der Waals surface area contributed by atoms with Crippen molar-refractivity contribution in [2.45, 2.75) is 12.7 Å². The molecule has 7 nitrogen and oxygen atoms in total. The van der Waals surface area contributed by atoms with Crippen LogP contribution in [0.1, 0.15) is 21.5 Å². The van der Waals surface area contributed by atoms with E-state index < -0.39 is 36.0 Å². The Hall–Kier alpha value is -4.12. The molecular formula is C24H18F4N2O5. The number of carbonyl (C=O) groups excluding carboxylic acids is 2. The average Bonchev–Trinajstić information content (AvgIpc) is 3.15. The highest BCUT2D eigenvalue weighted by Crippen LogP contribution is 2.40. The number of carbonyl (C=O) groups is 2. The number of fused-ring (bicyclic) bond motifs is 3. The highest BCUT2D eigenvalue weighted by Gasteiger charge is 2.33. The third-order valence-corrected chi connectivity index (χ3v) is 5.41. The first-order chi connectivity index (χ1) is 16.6. The van der Waals surface area contributed by atoms with Gasteiger partial charge in [0.25, 0.3) is 0 Å². The number of nitrogens with two attached hydrogens (primary N) is 1. The van der Waals surface area contributed by atoms with E-state index in [0.717, 1.165) is 19.2 Å². The number of hydrogen-bond donors (Lipinski definition) is 1. The Morgan fingerprint density at radius 2 is 1.74 bits per heavy atom. The third kappa shape index (κ3) is 4.50. The van der Waals surface area contributed by atoms with E-state index in [1.54, 1.807) is 0 Å². The number of nitrogens with zero attached hydrogens (tertiary/aromatic N) is 1. The number of methoxy groups -OCH3 is 1. The molecule has 0 saturated carbocycles. The molecule has 0 saturated heterocycles. The Labute approximate surface area is 195 Å².